The third-order valence-electron chi connectivity index (χ3n) is 3.43. The first-order chi connectivity index (χ1) is 12.3. The Morgan fingerprint density at radius 3 is 2.73 bits per heavy atom. The highest BCUT2D eigenvalue weighted by molar-refractivity contribution is 8.00. The third kappa shape index (κ3) is 4.17. The maximum absolute atomic E-state index is 12.3. The molecule has 0 saturated carbocycles. The SMILES string of the molecule is CC(=O)N(c1nc(CSc2nnc(N)s2)cs1)c1c(C)cc(C)cc1Cl. The largest absolute Gasteiger partial charge is 0.374 e. The molecule has 3 rings (SSSR count). The Balaban J connectivity index is 1.86. The van der Waals surface area contributed by atoms with Gasteiger partial charge in [-0.3, -0.25) is 9.69 Å². The summed E-state index contributed by atoms with van der Waals surface area (Å²) >= 11 is 10.7. The van der Waals surface area contributed by atoms with E-state index in [1.165, 1.54) is 41.4 Å². The molecule has 2 heterocycles. The minimum Gasteiger partial charge on any atom is -0.374 e. The number of aryl methyl sites for hydroxylation is 2. The quantitative estimate of drug-likeness (QED) is 0.589. The van der Waals surface area contributed by atoms with E-state index in [9.17, 15) is 4.79 Å². The lowest BCUT2D eigenvalue weighted by Crippen LogP contribution is -2.24. The van der Waals surface area contributed by atoms with Crippen molar-refractivity contribution in [3.8, 4) is 0 Å². The van der Waals surface area contributed by atoms with Crippen molar-refractivity contribution in [2.75, 3.05) is 10.6 Å². The molecular weight excluding hydrogens is 410 g/mol. The van der Waals surface area contributed by atoms with Gasteiger partial charge in [-0.15, -0.1) is 21.5 Å². The van der Waals surface area contributed by atoms with Crippen LogP contribution in [0.2, 0.25) is 5.02 Å². The van der Waals surface area contributed by atoms with Crippen molar-refractivity contribution in [1.29, 1.82) is 0 Å². The summed E-state index contributed by atoms with van der Waals surface area (Å²) < 4.78 is 0.790. The van der Waals surface area contributed by atoms with Crippen LogP contribution in [0.3, 0.4) is 0 Å². The fraction of sp³-hybridized carbons (Fsp3) is 0.250. The van der Waals surface area contributed by atoms with Crippen LogP contribution in [-0.2, 0) is 10.5 Å². The summed E-state index contributed by atoms with van der Waals surface area (Å²) in [5, 5.41) is 11.3. The molecule has 6 nitrogen and oxygen atoms in total. The van der Waals surface area contributed by atoms with Crippen LogP contribution in [0.25, 0.3) is 0 Å². The molecule has 1 aromatic carbocycles. The Morgan fingerprint density at radius 2 is 2.12 bits per heavy atom. The number of amides is 1. The number of anilines is 3. The van der Waals surface area contributed by atoms with E-state index in [0.717, 1.165) is 21.2 Å². The lowest BCUT2D eigenvalue weighted by atomic mass is 10.1. The fourth-order valence-corrected chi connectivity index (χ4v) is 5.37. The molecule has 136 valence electrons. The number of hydrogen-bond donors (Lipinski definition) is 1. The molecule has 0 aliphatic heterocycles. The van der Waals surface area contributed by atoms with Gasteiger partial charge in [0.25, 0.3) is 0 Å². The number of carbonyl (C=O) groups excluding carboxylic acids is 1. The standard InChI is InChI=1S/C16H16ClN5OS3/c1-8-4-9(2)13(12(17)5-8)22(10(3)23)15-19-11(6-24-15)7-25-16-21-20-14(18)26-16/h4-6H,7H2,1-3H3,(H2,18,20). The van der Waals surface area contributed by atoms with Gasteiger partial charge in [-0.2, -0.15) is 0 Å². The zero-order valence-electron chi connectivity index (χ0n) is 14.3. The predicted octanol–water partition coefficient (Wildman–Crippen LogP) is 4.82. The Hall–Kier alpha value is -1.68. The molecular formula is C16H16ClN5OS3. The Labute approximate surface area is 168 Å². The molecule has 0 aliphatic carbocycles. The molecule has 10 heteroatoms. The highest BCUT2D eigenvalue weighted by Crippen LogP contribution is 2.38. The van der Waals surface area contributed by atoms with Gasteiger partial charge in [-0.1, -0.05) is 40.8 Å². The molecule has 26 heavy (non-hydrogen) atoms. The van der Waals surface area contributed by atoms with Crippen LogP contribution in [0, 0.1) is 13.8 Å². The van der Waals surface area contributed by atoms with Crippen molar-refractivity contribution < 1.29 is 4.79 Å². The second-order valence-corrected chi connectivity index (χ2v) is 9.06. The Bertz CT molecular complexity index is 932. The number of carbonyl (C=O) groups is 1. The van der Waals surface area contributed by atoms with E-state index < -0.39 is 0 Å². The molecule has 3 aromatic rings. The third-order valence-corrected chi connectivity index (χ3v) is 6.52. The van der Waals surface area contributed by atoms with Gasteiger partial charge in [-0.05, 0) is 31.0 Å². The number of benzene rings is 1. The summed E-state index contributed by atoms with van der Waals surface area (Å²) in [7, 11) is 0. The van der Waals surface area contributed by atoms with Gasteiger partial charge in [0, 0.05) is 18.1 Å². The van der Waals surface area contributed by atoms with Crippen molar-refractivity contribution in [1.82, 2.24) is 15.2 Å². The fourth-order valence-electron chi connectivity index (χ4n) is 2.46. The zero-order chi connectivity index (χ0) is 18.8. The van der Waals surface area contributed by atoms with Crippen LogP contribution in [0.15, 0.2) is 21.9 Å². The number of thiazole rings is 1. The molecule has 0 radical (unpaired) electrons. The van der Waals surface area contributed by atoms with Crippen LogP contribution in [0.4, 0.5) is 16.0 Å². The Morgan fingerprint density at radius 1 is 1.35 bits per heavy atom. The van der Waals surface area contributed by atoms with Gasteiger partial charge in [-0.25, -0.2) is 4.98 Å². The summed E-state index contributed by atoms with van der Waals surface area (Å²) in [6.45, 7) is 5.42. The topological polar surface area (TPSA) is 85.0 Å². The molecule has 1 amide bonds. The highest BCUT2D eigenvalue weighted by Gasteiger charge is 2.22. The monoisotopic (exact) mass is 425 g/mol. The number of nitrogen functional groups attached to an aromatic ring is 1. The number of halogens is 1. The van der Waals surface area contributed by atoms with E-state index in [2.05, 4.69) is 15.2 Å². The minimum absolute atomic E-state index is 0.135. The number of rotatable bonds is 5. The lowest BCUT2D eigenvalue weighted by Gasteiger charge is -2.22. The molecule has 2 aromatic heterocycles. The van der Waals surface area contributed by atoms with Crippen molar-refractivity contribution >= 4 is 67.9 Å². The van der Waals surface area contributed by atoms with Crippen LogP contribution < -0.4 is 10.6 Å². The predicted molar refractivity (Wildman–Crippen MR) is 110 cm³/mol. The number of nitrogens with two attached hydrogens (primary N) is 1. The van der Waals surface area contributed by atoms with Gasteiger partial charge in [0.15, 0.2) is 9.47 Å². The Kier molecular flexibility index (Phi) is 5.81. The molecule has 0 spiro atoms. The van der Waals surface area contributed by atoms with E-state index in [0.29, 0.717) is 26.7 Å². The molecule has 0 unspecified atom stereocenters. The molecule has 0 saturated heterocycles. The first kappa shape index (κ1) is 19.1. The molecule has 0 aliphatic rings. The molecule has 0 atom stereocenters. The highest BCUT2D eigenvalue weighted by atomic mass is 35.5. The minimum atomic E-state index is -0.135. The first-order valence-corrected chi connectivity index (χ1v) is 10.6. The van der Waals surface area contributed by atoms with Crippen LogP contribution in [0.1, 0.15) is 23.7 Å². The van der Waals surface area contributed by atoms with Gasteiger partial charge in [0.2, 0.25) is 11.0 Å². The summed E-state index contributed by atoms with van der Waals surface area (Å²) in [5.41, 5.74) is 9.10. The normalized spacial score (nSPS) is 10.9. The van der Waals surface area contributed by atoms with Crippen molar-refractivity contribution in [3.05, 3.63) is 39.4 Å². The van der Waals surface area contributed by atoms with Crippen molar-refractivity contribution in [3.63, 3.8) is 0 Å². The van der Waals surface area contributed by atoms with Gasteiger partial charge < -0.3 is 5.73 Å². The second-order valence-electron chi connectivity index (χ2n) is 5.58. The molecule has 2 N–H and O–H groups in total. The molecule has 0 fully saturated rings. The maximum atomic E-state index is 12.3. The summed E-state index contributed by atoms with van der Waals surface area (Å²) in [6.07, 6.45) is 0. The maximum Gasteiger partial charge on any atom is 0.230 e. The number of aromatic nitrogens is 3. The van der Waals surface area contributed by atoms with E-state index in [-0.39, 0.29) is 5.91 Å². The van der Waals surface area contributed by atoms with E-state index in [4.69, 9.17) is 17.3 Å². The smallest absolute Gasteiger partial charge is 0.230 e. The van der Waals surface area contributed by atoms with Crippen LogP contribution >= 0.6 is 46.0 Å². The van der Waals surface area contributed by atoms with Crippen LogP contribution in [-0.4, -0.2) is 21.1 Å². The van der Waals surface area contributed by atoms with Crippen LogP contribution in [0.5, 0.6) is 0 Å². The van der Waals surface area contributed by atoms with E-state index in [1.807, 2.05) is 31.4 Å². The van der Waals surface area contributed by atoms with Gasteiger partial charge in [0.05, 0.1) is 16.4 Å². The average molecular weight is 426 g/mol. The van der Waals surface area contributed by atoms with E-state index >= 15 is 0 Å². The average Bonchev–Trinajstić information content (AvgIpc) is 3.17. The number of thioether (sulfide) groups is 1. The van der Waals surface area contributed by atoms with Crippen molar-refractivity contribution in [2.45, 2.75) is 30.9 Å². The summed E-state index contributed by atoms with van der Waals surface area (Å²) in [5.74, 6) is 0.488. The zero-order valence-corrected chi connectivity index (χ0v) is 17.5. The first-order valence-electron chi connectivity index (χ1n) is 7.58. The second kappa shape index (κ2) is 7.91. The van der Waals surface area contributed by atoms with Gasteiger partial charge >= 0.3 is 0 Å². The van der Waals surface area contributed by atoms with Crippen molar-refractivity contribution in [2.24, 2.45) is 0 Å². The number of nitrogens with zero attached hydrogens (tertiary/aromatic N) is 4. The molecule has 0 bridgehead atoms. The lowest BCUT2D eigenvalue weighted by molar-refractivity contribution is -0.115. The number of hydrogen-bond acceptors (Lipinski definition) is 8. The summed E-state index contributed by atoms with van der Waals surface area (Å²) in [6, 6.07) is 3.85. The van der Waals surface area contributed by atoms with Gasteiger partial charge in [0.1, 0.15) is 0 Å². The van der Waals surface area contributed by atoms with E-state index in [1.54, 1.807) is 4.90 Å². The summed E-state index contributed by atoms with van der Waals surface area (Å²) in [4.78, 5) is 18.5.